The van der Waals surface area contributed by atoms with Crippen LogP contribution >= 0.6 is 11.3 Å². The van der Waals surface area contributed by atoms with E-state index in [0.29, 0.717) is 6.61 Å². The van der Waals surface area contributed by atoms with E-state index in [1.807, 2.05) is 37.4 Å². The fourth-order valence-electron chi connectivity index (χ4n) is 1.94. The van der Waals surface area contributed by atoms with Gasteiger partial charge in [0.25, 0.3) is 0 Å². The van der Waals surface area contributed by atoms with Crippen LogP contribution in [-0.4, -0.2) is 11.1 Å². The number of ether oxygens (including phenoxy) is 1. The number of carboxylic acids is 1. The topological polar surface area (TPSA) is 46.5 Å². The van der Waals surface area contributed by atoms with Crippen molar-refractivity contribution in [3.05, 3.63) is 57.3 Å². The average Bonchev–Trinajstić information content (AvgIpc) is 2.80. The molecule has 1 heterocycles. The molecule has 0 saturated carbocycles. The minimum Gasteiger partial charge on any atom is -0.488 e. The Kier molecular flexibility index (Phi) is 4.58. The number of carbonyl (C=O) groups is 1. The standard InChI is InChI=1S/C16H16O3S/c1-11-7-12(2)9-14(8-11)19-10-15-13(5-6-20-15)3-4-16(17)18/h3-9H,10H2,1-2H3,(H,17,18). The molecule has 4 heteroatoms. The van der Waals surface area contributed by atoms with Crippen molar-refractivity contribution in [3.63, 3.8) is 0 Å². The first-order valence-corrected chi connectivity index (χ1v) is 7.11. The summed E-state index contributed by atoms with van der Waals surface area (Å²) in [6.45, 7) is 4.51. The normalized spacial score (nSPS) is 10.9. The van der Waals surface area contributed by atoms with E-state index < -0.39 is 5.97 Å². The zero-order chi connectivity index (χ0) is 14.5. The number of aryl methyl sites for hydroxylation is 2. The van der Waals surface area contributed by atoms with Gasteiger partial charge >= 0.3 is 5.97 Å². The van der Waals surface area contributed by atoms with Gasteiger partial charge in [-0.05, 0) is 60.2 Å². The molecule has 20 heavy (non-hydrogen) atoms. The zero-order valence-electron chi connectivity index (χ0n) is 11.4. The van der Waals surface area contributed by atoms with Crippen LogP contribution in [0.3, 0.4) is 0 Å². The maximum atomic E-state index is 10.5. The fourth-order valence-corrected chi connectivity index (χ4v) is 2.72. The van der Waals surface area contributed by atoms with E-state index in [1.54, 1.807) is 17.4 Å². The summed E-state index contributed by atoms with van der Waals surface area (Å²) >= 11 is 1.56. The monoisotopic (exact) mass is 288 g/mol. The Hall–Kier alpha value is -2.07. The molecular weight excluding hydrogens is 272 g/mol. The molecule has 2 rings (SSSR count). The van der Waals surface area contributed by atoms with Gasteiger partial charge in [-0.15, -0.1) is 11.3 Å². The van der Waals surface area contributed by atoms with E-state index in [9.17, 15) is 4.79 Å². The lowest BCUT2D eigenvalue weighted by molar-refractivity contribution is -0.131. The quantitative estimate of drug-likeness (QED) is 0.845. The Labute approximate surface area is 122 Å². The van der Waals surface area contributed by atoms with Crippen molar-refractivity contribution in [3.8, 4) is 5.75 Å². The van der Waals surface area contributed by atoms with Crippen LogP contribution in [0.25, 0.3) is 6.08 Å². The molecule has 1 aromatic carbocycles. The number of carboxylic acid groups (broad SMARTS) is 1. The molecule has 0 saturated heterocycles. The van der Waals surface area contributed by atoms with E-state index in [-0.39, 0.29) is 0 Å². The van der Waals surface area contributed by atoms with Crippen molar-refractivity contribution in [2.24, 2.45) is 0 Å². The molecule has 0 aliphatic rings. The lowest BCUT2D eigenvalue weighted by atomic mass is 10.1. The Balaban J connectivity index is 2.07. The van der Waals surface area contributed by atoms with Gasteiger partial charge in [-0.2, -0.15) is 0 Å². The molecule has 0 unspecified atom stereocenters. The first-order valence-electron chi connectivity index (χ1n) is 6.23. The zero-order valence-corrected chi connectivity index (χ0v) is 12.2. The molecule has 0 spiro atoms. The molecule has 2 aromatic rings. The van der Waals surface area contributed by atoms with Gasteiger partial charge in [-0.25, -0.2) is 4.79 Å². The van der Waals surface area contributed by atoms with Gasteiger partial charge in [-0.1, -0.05) is 6.07 Å². The Morgan fingerprint density at radius 1 is 1.30 bits per heavy atom. The molecule has 0 aliphatic heterocycles. The average molecular weight is 288 g/mol. The summed E-state index contributed by atoms with van der Waals surface area (Å²) in [5, 5.41) is 10.6. The molecule has 1 N–H and O–H groups in total. The van der Waals surface area contributed by atoms with Crippen molar-refractivity contribution in [2.45, 2.75) is 20.5 Å². The van der Waals surface area contributed by atoms with Gasteiger partial charge in [0.15, 0.2) is 0 Å². The molecule has 0 aliphatic carbocycles. The molecule has 0 fully saturated rings. The highest BCUT2D eigenvalue weighted by atomic mass is 32.1. The fraction of sp³-hybridized carbons (Fsp3) is 0.188. The van der Waals surface area contributed by atoms with Crippen LogP contribution in [0, 0.1) is 13.8 Å². The van der Waals surface area contributed by atoms with Crippen molar-refractivity contribution in [1.82, 2.24) is 0 Å². The highest BCUT2D eigenvalue weighted by molar-refractivity contribution is 7.10. The van der Waals surface area contributed by atoms with Gasteiger partial charge < -0.3 is 9.84 Å². The van der Waals surface area contributed by atoms with Crippen molar-refractivity contribution in [2.75, 3.05) is 0 Å². The maximum absolute atomic E-state index is 10.5. The smallest absolute Gasteiger partial charge is 0.328 e. The van der Waals surface area contributed by atoms with E-state index in [2.05, 4.69) is 6.07 Å². The van der Waals surface area contributed by atoms with Crippen LogP contribution in [0.15, 0.2) is 35.7 Å². The van der Waals surface area contributed by atoms with Gasteiger partial charge in [0, 0.05) is 11.0 Å². The first-order chi connectivity index (χ1) is 9.54. The van der Waals surface area contributed by atoms with Crippen LogP contribution in [0.1, 0.15) is 21.6 Å². The predicted molar refractivity (Wildman–Crippen MR) is 81.2 cm³/mol. The summed E-state index contributed by atoms with van der Waals surface area (Å²) in [7, 11) is 0. The van der Waals surface area contributed by atoms with Crippen LogP contribution in [0.4, 0.5) is 0 Å². The van der Waals surface area contributed by atoms with E-state index in [4.69, 9.17) is 9.84 Å². The van der Waals surface area contributed by atoms with Crippen molar-refractivity contribution in [1.29, 1.82) is 0 Å². The molecule has 0 atom stereocenters. The molecule has 1 aromatic heterocycles. The molecule has 0 bridgehead atoms. The van der Waals surface area contributed by atoms with E-state index in [0.717, 1.165) is 33.4 Å². The van der Waals surface area contributed by atoms with Gasteiger partial charge in [-0.3, -0.25) is 0 Å². The molecule has 0 radical (unpaired) electrons. The van der Waals surface area contributed by atoms with Crippen molar-refractivity contribution < 1.29 is 14.6 Å². The third-order valence-corrected chi connectivity index (χ3v) is 3.66. The van der Waals surface area contributed by atoms with Crippen LogP contribution in [-0.2, 0) is 11.4 Å². The van der Waals surface area contributed by atoms with E-state index in [1.165, 1.54) is 0 Å². The number of hydrogen-bond donors (Lipinski definition) is 1. The molecular formula is C16H16O3S. The summed E-state index contributed by atoms with van der Waals surface area (Å²) in [4.78, 5) is 11.6. The second-order valence-corrected chi connectivity index (χ2v) is 5.58. The molecule has 104 valence electrons. The van der Waals surface area contributed by atoms with Crippen molar-refractivity contribution >= 4 is 23.4 Å². The first kappa shape index (κ1) is 14.3. The number of hydrogen-bond acceptors (Lipinski definition) is 3. The van der Waals surface area contributed by atoms with Crippen LogP contribution in [0.2, 0.25) is 0 Å². The Morgan fingerprint density at radius 2 is 2.00 bits per heavy atom. The largest absolute Gasteiger partial charge is 0.488 e. The summed E-state index contributed by atoms with van der Waals surface area (Å²) in [6, 6.07) is 7.98. The number of benzene rings is 1. The third-order valence-electron chi connectivity index (χ3n) is 2.75. The van der Waals surface area contributed by atoms with Gasteiger partial charge in [0.2, 0.25) is 0 Å². The highest BCUT2D eigenvalue weighted by Crippen LogP contribution is 2.22. The van der Waals surface area contributed by atoms with Crippen LogP contribution < -0.4 is 4.74 Å². The molecule has 0 amide bonds. The van der Waals surface area contributed by atoms with Crippen LogP contribution in [0.5, 0.6) is 5.75 Å². The second-order valence-electron chi connectivity index (χ2n) is 4.58. The Morgan fingerprint density at radius 3 is 2.65 bits per heavy atom. The number of rotatable bonds is 5. The minimum atomic E-state index is -0.947. The summed E-state index contributed by atoms with van der Waals surface area (Å²) < 4.78 is 5.79. The minimum absolute atomic E-state index is 0.444. The predicted octanol–water partition coefficient (Wildman–Crippen LogP) is 4.04. The number of thiophene rings is 1. The highest BCUT2D eigenvalue weighted by Gasteiger charge is 2.04. The second kappa shape index (κ2) is 6.39. The third kappa shape index (κ3) is 3.96. The number of aliphatic carboxylic acids is 1. The Bertz CT molecular complexity index is 621. The SMILES string of the molecule is Cc1cc(C)cc(OCc2sccc2C=CC(=O)O)c1. The molecule has 3 nitrogen and oxygen atoms in total. The summed E-state index contributed by atoms with van der Waals surface area (Å²) in [5.74, 6) is -0.110. The lowest BCUT2D eigenvalue weighted by Crippen LogP contribution is -1.96. The summed E-state index contributed by atoms with van der Waals surface area (Å²) in [6.07, 6.45) is 2.74. The van der Waals surface area contributed by atoms with Gasteiger partial charge in [0.05, 0.1) is 0 Å². The summed E-state index contributed by atoms with van der Waals surface area (Å²) in [5.41, 5.74) is 3.22. The van der Waals surface area contributed by atoms with E-state index >= 15 is 0 Å². The maximum Gasteiger partial charge on any atom is 0.328 e. The van der Waals surface area contributed by atoms with Gasteiger partial charge in [0.1, 0.15) is 12.4 Å². The lowest BCUT2D eigenvalue weighted by Gasteiger charge is -2.08.